The molecular weight excluding hydrogens is 214 g/mol. The normalized spacial score (nSPS) is 9.35. The zero-order chi connectivity index (χ0) is 12.1. The van der Waals surface area contributed by atoms with Crippen LogP contribution in [-0.2, 0) is 4.74 Å². The number of hydrogen-bond acceptors (Lipinski definition) is 3. The fourth-order valence-corrected chi connectivity index (χ4v) is 1.53. The Morgan fingerprint density at radius 1 is 0.941 bits per heavy atom. The highest BCUT2D eigenvalue weighted by Gasteiger charge is 2.06. The second-order valence-corrected chi connectivity index (χ2v) is 3.42. The van der Waals surface area contributed by atoms with E-state index >= 15 is 0 Å². The third-order valence-electron chi connectivity index (χ3n) is 2.37. The van der Waals surface area contributed by atoms with Gasteiger partial charge in [0.25, 0.3) is 6.26 Å². The lowest BCUT2D eigenvalue weighted by Crippen LogP contribution is -1.99. The monoisotopic (exact) mass is 223 g/mol. The van der Waals surface area contributed by atoms with Gasteiger partial charge in [0, 0.05) is 0 Å². The molecule has 0 aliphatic heterocycles. The molecule has 2 aromatic rings. The van der Waals surface area contributed by atoms with Crippen molar-refractivity contribution in [3.63, 3.8) is 0 Å². The molecule has 0 radical (unpaired) electrons. The Bertz CT molecular complexity index is 553. The number of ether oxygens (including phenoxy) is 1. The van der Waals surface area contributed by atoms with Gasteiger partial charge in [0.05, 0.1) is 5.56 Å². The zero-order valence-corrected chi connectivity index (χ0v) is 8.96. The molecule has 3 nitrogen and oxygen atoms in total. The van der Waals surface area contributed by atoms with Gasteiger partial charge in [-0.05, 0) is 23.3 Å². The third kappa shape index (κ3) is 2.50. The maximum Gasteiger partial charge on any atom is 0.353 e. The van der Waals surface area contributed by atoms with Crippen molar-refractivity contribution in [1.82, 2.24) is 0 Å². The summed E-state index contributed by atoms with van der Waals surface area (Å²) in [5, 5.41) is 8.24. The molecule has 0 aliphatic carbocycles. The lowest BCUT2D eigenvalue weighted by molar-refractivity contribution is 0.0685. The van der Waals surface area contributed by atoms with Crippen LogP contribution in [0.3, 0.4) is 0 Å². The van der Waals surface area contributed by atoms with Gasteiger partial charge in [-0.15, -0.1) is 5.26 Å². The summed E-state index contributed by atoms with van der Waals surface area (Å²) >= 11 is 0. The Labute approximate surface area is 98.9 Å². The van der Waals surface area contributed by atoms with E-state index in [1.165, 1.54) is 6.26 Å². The second kappa shape index (κ2) is 4.95. The summed E-state index contributed by atoms with van der Waals surface area (Å²) < 4.78 is 4.24. The number of hydrogen-bond donors (Lipinski definition) is 0. The topological polar surface area (TPSA) is 50.1 Å². The third-order valence-corrected chi connectivity index (χ3v) is 2.37. The van der Waals surface area contributed by atoms with Gasteiger partial charge in [0.15, 0.2) is 0 Å². The fraction of sp³-hybridized carbons (Fsp3) is 0. The maximum absolute atomic E-state index is 11.2. The highest BCUT2D eigenvalue weighted by Crippen LogP contribution is 2.19. The summed E-state index contributed by atoms with van der Waals surface area (Å²) in [4.78, 5) is 11.2. The first-order chi connectivity index (χ1) is 8.31. The molecule has 0 aromatic heterocycles. The van der Waals surface area contributed by atoms with Crippen molar-refractivity contribution in [3.05, 3.63) is 60.2 Å². The van der Waals surface area contributed by atoms with Crippen molar-refractivity contribution in [2.75, 3.05) is 0 Å². The van der Waals surface area contributed by atoms with Crippen LogP contribution >= 0.6 is 0 Å². The standard InChI is InChI=1S/C14H9NO2/c15-10-17-14(16)13-8-6-12(7-9-13)11-4-2-1-3-5-11/h1-9H. The molecule has 0 unspecified atom stereocenters. The Kier molecular flexibility index (Phi) is 3.18. The Morgan fingerprint density at radius 2 is 1.53 bits per heavy atom. The molecule has 0 heterocycles. The largest absolute Gasteiger partial charge is 0.353 e. The number of esters is 1. The average Bonchev–Trinajstić information content (AvgIpc) is 2.40. The first-order valence-electron chi connectivity index (χ1n) is 5.07. The molecule has 3 heteroatoms. The molecule has 2 aromatic carbocycles. The number of rotatable bonds is 2. The van der Waals surface area contributed by atoms with E-state index in [0.29, 0.717) is 5.56 Å². The molecule has 17 heavy (non-hydrogen) atoms. The average molecular weight is 223 g/mol. The highest BCUT2D eigenvalue weighted by atomic mass is 16.5. The van der Waals surface area contributed by atoms with Crippen molar-refractivity contribution in [3.8, 4) is 17.4 Å². The van der Waals surface area contributed by atoms with E-state index in [4.69, 9.17) is 5.26 Å². The van der Waals surface area contributed by atoms with Gasteiger partial charge in [-0.1, -0.05) is 42.5 Å². The summed E-state index contributed by atoms with van der Waals surface area (Å²) in [7, 11) is 0. The molecule has 0 fully saturated rings. The van der Waals surface area contributed by atoms with E-state index in [2.05, 4.69) is 4.74 Å². The van der Waals surface area contributed by atoms with Gasteiger partial charge >= 0.3 is 5.97 Å². The number of carbonyl (C=O) groups excluding carboxylic acids is 1. The first-order valence-corrected chi connectivity index (χ1v) is 5.07. The van der Waals surface area contributed by atoms with E-state index in [-0.39, 0.29) is 0 Å². The molecule has 0 spiro atoms. The number of carbonyl (C=O) groups is 1. The molecule has 0 amide bonds. The van der Waals surface area contributed by atoms with Crippen LogP contribution in [0.1, 0.15) is 10.4 Å². The summed E-state index contributed by atoms with van der Waals surface area (Å²) in [5.41, 5.74) is 2.46. The minimum absolute atomic E-state index is 0.367. The van der Waals surface area contributed by atoms with E-state index in [1.54, 1.807) is 12.1 Å². The Morgan fingerprint density at radius 3 is 2.12 bits per heavy atom. The molecule has 0 saturated carbocycles. The van der Waals surface area contributed by atoms with Gasteiger partial charge < -0.3 is 4.74 Å². The number of benzene rings is 2. The summed E-state index contributed by atoms with van der Waals surface area (Å²) in [6, 6.07) is 16.8. The number of nitriles is 1. The summed E-state index contributed by atoms with van der Waals surface area (Å²) in [6.45, 7) is 0. The summed E-state index contributed by atoms with van der Waals surface area (Å²) in [5.74, 6) is -0.632. The van der Waals surface area contributed by atoms with Crippen LogP contribution in [0.5, 0.6) is 0 Å². The van der Waals surface area contributed by atoms with Crippen molar-refractivity contribution < 1.29 is 9.53 Å². The van der Waals surface area contributed by atoms with E-state index in [0.717, 1.165) is 11.1 Å². The van der Waals surface area contributed by atoms with Crippen LogP contribution in [0.15, 0.2) is 54.6 Å². The van der Waals surface area contributed by atoms with Crippen molar-refractivity contribution in [2.24, 2.45) is 0 Å². The van der Waals surface area contributed by atoms with Crippen LogP contribution in [-0.4, -0.2) is 5.97 Å². The van der Waals surface area contributed by atoms with E-state index in [1.807, 2.05) is 42.5 Å². The predicted molar refractivity (Wildman–Crippen MR) is 62.9 cm³/mol. The van der Waals surface area contributed by atoms with Crippen molar-refractivity contribution in [1.29, 1.82) is 5.26 Å². The van der Waals surface area contributed by atoms with Gasteiger partial charge in [0.2, 0.25) is 0 Å². The molecule has 0 N–H and O–H groups in total. The lowest BCUT2D eigenvalue weighted by atomic mass is 10.0. The second-order valence-electron chi connectivity index (χ2n) is 3.42. The minimum Gasteiger partial charge on any atom is -0.347 e. The Hall–Kier alpha value is -2.60. The molecular formula is C14H9NO2. The smallest absolute Gasteiger partial charge is 0.347 e. The predicted octanol–water partition coefficient (Wildman–Crippen LogP) is 2.99. The molecule has 2 rings (SSSR count). The molecule has 0 atom stereocenters. The van der Waals surface area contributed by atoms with Crippen LogP contribution < -0.4 is 0 Å². The molecule has 0 saturated heterocycles. The van der Waals surface area contributed by atoms with Crippen LogP contribution in [0.4, 0.5) is 0 Å². The van der Waals surface area contributed by atoms with Crippen molar-refractivity contribution >= 4 is 5.97 Å². The Balaban J connectivity index is 2.25. The van der Waals surface area contributed by atoms with Gasteiger partial charge in [0.1, 0.15) is 0 Å². The van der Waals surface area contributed by atoms with Crippen LogP contribution in [0.25, 0.3) is 11.1 Å². The van der Waals surface area contributed by atoms with Gasteiger partial charge in [-0.25, -0.2) is 4.79 Å². The number of nitrogens with zero attached hydrogens (tertiary/aromatic N) is 1. The first kappa shape index (κ1) is 10.9. The molecule has 0 aliphatic rings. The lowest BCUT2D eigenvalue weighted by Gasteiger charge is -2.02. The van der Waals surface area contributed by atoms with Gasteiger partial charge in [-0.2, -0.15) is 0 Å². The minimum atomic E-state index is -0.632. The maximum atomic E-state index is 11.2. The van der Waals surface area contributed by atoms with E-state index < -0.39 is 5.97 Å². The molecule has 0 bridgehead atoms. The quantitative estimate of drug-likeness (QED) is 0.580. The fourth-order valence-electron chi connectivity index (χ4n) is 1.53. The summed E-state index contributed by atoms with van der Waals surface area (Å²) in [6.07, 6.45) is 1.36. The van der Waals surface area contributed by atoms with Crippen LogP contribution in [0.2, 0.25) is 0 Å². The zero-order valence-electron chi connectivity index (χ0n) is 8.96. The van der Waals surface area contributed by atoms with Gasteiger partial charge in [-0.3, -0.25) is 0 Å². The van der Waals surface area contributed by atoms with Crippen LogP contribution in [0, 0.1) is 11.5 Å². The highest BCUT2D eigenvalue weighted by molar-refractivity contribution is 5.90. The van der Waals surface area contributed by atoms with E-state index in [9.17, 15) is 4.79 Å². The molecule has 82 valence electrons. The SMILES string of the molecule is N#COC(=O)c1ccc(-c2ccccc2)cc1. The van der Waals surface area contributed by atoms with Crippen molar-refractivity contribution in [2.45, 2.75) is 0 Å².